The summed E-state index contributed by atoms with van der Waals surface area (Å²) in [4.78, 5) is 0. The Morgan fingerprint density at radius 3 is 2.71 bits per heavy atom. The van der Waals surface area contributed by atoms with Gasteiger partial charge in [-0.1, -0.05) is 40.2 Å². The number of nitrogens with one attached hydrogen (secondary N) is 2. The van der Waals surface area contributed by atoms with Crippen molar-refractivity contribution < 1.29 is 8.42 Å². The lowest BCUT2D eigenvalue weighted by atomic mass is 10.2. The summed E-state index contributed by atoms with van der Waals surface area (Å²) < 4.78 is 27.8. The maximum absolute atomic E-state index is 12.2. The van der Waals surface area contributed by atoms with E-state index < -0.39 is 10.0 Å². The number of nitrogens with zero attached hydrogens (tertiary/aromatic N) is 3. The zero-order valence-electron chi connectivity index (χ0n) is 12.2. The number of aromatic amines is 1. The molecule has 7 nitrogen and oxygen atoms in total. The van der Waals surface area contributed by atoms with Gasteiger partial charge in [0.2, 0.25) is 5.82 Å². The number of rotatable bonds is 5. The van der Waals surface area contributed by atoms with E-state index in [1.165, 1.54) is 6.08 Å². The van der Waals surface area contributed by atoms with Gasteiger partial charge in [0.25, 0.3) is 10.0 Å². The molecule has 2 N–H and O–H groups in total. The first-order valence-electron chi connectivity index (χ1n) is 6.82. The molecule has 0 fully saturated rings. The Bertz CT molecular complexity index is 971. The quantitative estimate of drug-likeness (QED) is 0.679. The molecule has 0 aliphatic heterocycles. The van der Waals surface area contributed by atoms with Crippen molar-refractivity contribution in [3.8, 4) is 11.4 Å². The molecule has 9 heteroatoms. The lowest BCUT2D eigenvalue weighted by Crippen LogP contribution is -2.08. The number of hydrogen-bond acceptors (Lipinski definition) is 5. The maximum atomic E-state index is 12.2. The zero-order chi connectivity index (χ0) is 17.0. The fourth-order valence-electron chi connectivity index (χ4n) is 1.98. The van der Waals surface area contributed by atoms with Crippen LogP contribution in [0.3, 0.4) is 0 Å². The Labute approximate surface area is 147 Å². The normalized spacial score (nSPS) is 11.7. The Hall–Kier alpha value is -2.52. The van der Waals surface area contributed by atoms with E-state index in [0.29, 0.717) is 17.1 Å². The minimum atomic E-state index is -3.64. The van der Waals surface area contributed by atoms with Crippen LogP contribution in [-0.4, -0.2) is 29.0 Å². The van der Waals surface area contributed by atoms with Crippen molar-refractivity contribution in [2.24, 2.45) is 0 Å². The van der Waals surface area contributed by atoms with Crippen LogP contribution in [0.1, 0.15) is 5.56 Å². The average Bonchev–Trinajstić information content (AvgIpc) is 3.08. The summed E-state index contributed by atoms with van der Waals surface area (Å²) in [6, 6.07) is 14.1. The van der Waals surface area contributed by atoms with Crippen molar-refractivity contribution in [3.05, 3.63) is 64.0 Å². The molecule has 2 aromatic carbocycles. The average molecular weight is 406 g/mol. The largest absolute Gasteiger partial charge is 0.280 e. The van der Waals surface area contributed by atoms with Gasteiger partial charge in [-0.3, -0.25) is 4.72 Å². The molecule has 1 heterocycles. The number of sulfonamides is 1. The van der Waals surface area contributed by atoms with Crippen molar-refractivity contribution in [1.29, 1.82) is 0 Å². The lowest BCUT2D eigenvalue weighted by molar-refractivity contribution is 0.609. The van der Waals surface area contributed by atoms with E-state index in [1.54, 1.807) is 24.3 Å². The van der Waals surface area contributed by atoms with Crippen LogP contribution < -0.4 is 4.72 Å². The highest BCUT2D eigenvalue weighted by Gasteiger charge is 2.08. The second kappa shape index (κ2) is 6.93. The van der Waals surface area contributed by atoms with Gasteiger partial charge in [-0.05, 0) is 41.1 Å². The minimum Gasteiger partial charge on any atom is -0.280 e. The topological polar surface area (TPSA) is 101 Å². The van der Waals surface area contributed by atoms with E-state index in [1.807, 2.05) is 24.3 Å². The summed E-state index contributed by atoms with van der Waals surface area (Å²) in [5, 5.41) is 14.7. The third-order valence-electron chi connectivity index (χ3n) is 3.01. The molecule has 1 aromatic heterocycles. The van der Waals surface area contributed by atoms with Gasteiger partial charge in [0.1, 0.15) is 0 Å². The summed E-state index contributed by atoms with van der Waals surface area (Å²) in [6.07, 6.45) is 1.52. The molecule has 24 heavy (non-hydrogen) atoms. The maximum Gasteiger partial charge on any atom is 0.255 e. The molecule has 0 bridgehead atoms. The van der Waals surface area contributed by atoms with E-state index >= 15 is 0 Å². The fourth-order valence-corrected chi connectivity index (χ4v) is 3.26. The van der Waals surface area contributed by atoms with E-state index in [9.17, 15) is 8.42 Å². The molecule has 0 saturated carbocycles. The molecule has 0 spiro atoms. The highest BCUT2D eigenvalue weighted by Crippen LogP contribution is 2.20. The van der Waals surface area contributed by atoms with Gasteiger partial charge in [0, 0.05) is 15.7 Å². The second-order valence-electron chi connectivity index (χ2n) is 4.82. The molecule has 122 valence electrons. The fraction of sp³-hybridized carbons (Fsp3) is 0. The third kappa shape index (κ3) is 4.27. The lowest BCUT2D eigenvalue weighted by Gasteiger charge is -2.05. The van der Waals surface area contributed by atoms with Gasteiger partial charge in [0.05, 0.1) is 5.41 Å². The van der Waals surface area contributed by atoms with Crippen molar-refractivity contribution in [3.63, 3.8) is 0 Å². The molecular formula is C15H12BrN5O2S. The first-order valence-corrected chi connectivity index (χ1v) is 9.16. The molecular weight excluding hydrogens is 394 g/mol. The third-order valence-corrected chi connectivity index (χ3v) is 4.52. The van der Waals surface area contributed by atoms with Gasteiger partial charge < -0.3 is 0 Å². The number of aromatic nitrogens is 4. The van der Waals surface area contributed by atoms with Crippen molar-refractivity contribution in [1.82, 2.24) is 20.6 Å². The first-order chi connectivity index (χ1) is 11.5. The smallest absolute Gasteiger partial charge is 0.255 e. The summed E-state index contributed by atoms with van der Waals surface area (Å²) in [7, 11) is -3.64. The van der Waals surface area contributed by atoms with Crippen LogP contribution in [0.2, 0.25) is 0 Å². The molecule has 0 atom stereocenters. The number of tetrazole rings is 1. The molecule has 3 aromatic rings. The van der Waals surface area contributed by atoms with Crippen LogP contribution in [0.25, 0.3) is 17.5 Å². The SMILES string of the molecule is O=S(=O)(C=Cc1cccc(Br)c1)Nc1cccc(-c2nn[nH]n2)c1. The number of anilines is 1. The van der Waals surface area contributed by atoms with Crippen LogP contribution in [0.5, 0.6) is 0 Å². The highest BCUT2D eigenvalue weighted by atomic mass is 79.9. The number of benzene rings is 2. The van der Waals surface area contributed by atoms with Gasteiger partial charge in [-0.25, -0.2) is 8.42 Å². The van der Waals surface area contributed by atoms with E-state index in [4.69, 9.17) is 0 Å². The standard InChI is InChI=1S/C15H12BrN5O2S/c16-13-5-1-3-11(9-13)7-8-24(22,23)19-14-6-2-4-12(10-14)15-17-20-21-18-15/h1-10,19H,(H,17,18,20,21). The zero-order valence-corrected chi connectivity index (χ0v) is 14.6. The molecule has 0 unspecified atom stereocenters. The Balaban J connectivity index is 1.78. The van der Waals surface area contributed by atoms with Gasteiger partial charge in [0.15, 0.2) is 0 Å². The van der Waals surface area contributed by atoms with Crippen LogP contribution in [0, 0.1) is 0 Å². The first kappa shape index (κ1) is 16.3. The molecule has 0 saturated heterocycles. The van der Waals surface area contributed by atoms with E-state index in [2.05, 4.69) is 41.3 Å². The minimum absolute atomic E-state index is 0.390. The van der Waals surface area contributed by atoms with Crippen LogP contribution in [0.15, 0.2) is 58.4 Å². The number of halogens is 1. The Morgan fingerprint density at radius 2 is 1.96 bits per heavy atom. The van der Waals surface area contributed by atoms with Gasteiger partial charge in [-0.15, -0.1) is 10.2 Å². The Kier molecular flexibility index (Phi) is 4.72. The van der Waals surface area contributed by atoms with Crippen molar-refractivity contribution in [2.75, 3.05) is 4.72 Å². The number of hydrogen-bond donors (Lipinski definition) is 2. The summed E-state index contributed by atoms with van der Waals surface area (Å²) in [5.74, 6) is 0.390. The summed E-state index contributed by atoms with van der Waals surface area (Å²) >= 11 is 3.34. The number of H-pyrrole nitrogens is 1. The molecule has 0 radical (unpaired) electrons. The van der Waals surface area contributed by atoms with Crippen LogP contribution in [0.4, 0.5) is 5.69 Å². The highest BCUT2D eigenvalue weighted by molar-refractivity contribution is 9.10. The van der Waals surface area contributed by atoms with Crippen LogP contribution in [-0.2, 0) is 10.0 Å². The predicted molar refractivity (Wildman–Crippen MR) is 95.3 cm³/mol. The molecule has 3 rings (SSSR count). The van der Waals surface area contributed by atoms with Crippen LogP contribution >= 0.6 is 15.9 Å². The second-order valence-corrected chi connectivity index (χ2v) is 7.30. The van der Waals surface area contributed by atoms with Crippen molar-refractivity contribution in [2.45, 2.75) is 0 Å². The van der Waals surface area contributed by atoms with Crippen molar-refractivity contribution >= 4 is 37.7 Å². The monoisotopic (exact) mass is 405 g/mol. The Morgan fingerprint density at radius 1 is 1.12 bits per heavy atom. The van der Waals surface area contributed by atoms with Gasteiger partial charge >= 0.3 is 0 Å². The molecule has 0 aliphatic carbocycles. The summed E-state index contributed by atoms with van der Waals surface area (Å²) in [6.45, 7) is 0. The van der Waals surface area contributed by atoms with Gasteiger partial charge in [-0.2, -0.15) is 5.21 Å². The van der Waals surface area contributed by atoms with E-state index in [0.717, 1.165) is 15.4 Å². The molecule has 0 amide bonds. The predicted octanol–water partition coefficient (Wildman–Crippen LogP) is 3.04. The van der Waals surface area contributed by atoms with E-state index in [-0.39, 0.29) is 0 Å². The summed E-state index contributed by atoms with van der Waals surface area (Å²) in [5.41, 5.74) is 1.84. The molecule has 0 aliphatic rings.